The first-order valence-electron chi connectivity index (χ1n) is 7.24. The molecule has 0 radical (unpaired) electrons. The number of nitrogens with one attached hydrogen (secondary N) is 3. The van der Waals surface area contributed by atoms with Crippen molar-refractivity contribution in [3.05, 3.63) is 29.8 Å². The second-order valence-corrected chi connectivity index (χ2v) is 6.00. The molecule has 0 fully saturated rings. The van der Waals surface area contributed by atoms with Gasteiger partial charge in [-0.2, -0.15) is 0 Å². The summed E-state index contributed by atoms with van der Waals surface area (Å²) >= 11 is 0. The molecule has 0 saturated heterocycles. The Morgan fingerprint density at radius 1 is 1.13 bits per heavy atom. The highest BCUT2D eigenvalue weighted by molar-refractivity contribution is 5.96. The molecule has 0 aliphatic heterocycles. The number of benzene rings is 1. The maximum atomic E-state index is 12.0. The molecule has 0 spiro atoms. The molecule has 0 unspecified atom stereocenters. The normalized spacial score (nSPS) is 10.6. The fraction of sp³-hybridized carbons (Fsp3) is 0.500. The van der Waals surface area contributed by atoms with Crippen LogP contribution in [0.15, 0.2) is 24.3 Å². The van der Waals surface area contributed by atoms with Gasteiger partial charge in [0, 0.05) is 30.4 Å². The lowest BCUT2D eigenvalue weighted by Gasteiger charge is -2.20. The fourth-order valence-electron chi connectivity index (χ4n) is 1.70. The predicted octanol–water partition coefficient (Wildman–Crippen LogP) is 1.81. The van der Waals surface area contributed by atoms with E-state index in [4.69, 9.17) is 4.74 Å². The van der Waals surface area contributed by atoms with E-state index in [0.29, 0.717) is 24.4 Å². The van der Waals surface area contributed by atoms with E-state index in [1.165, 1.54) is 0 Å². The first kappa shape index (κ1) is 21.4. The molecule has 130 valence electrons. The summed E-state index contributed by atoms with van der Waals surface area (Å²) in [5.74, 6) is -0.269. The Labute approximate surface area is 143 Å². The highest BCUT2D eigenvalue weighted by Gasteiger charge is 2.15. The monoisotopic (exact) mass is 343 g/mol. The summed E-state index contributed by atoms with van der Waals surface area (Å²) in [6.45, 7) is 7.18. The first-order valence-corrected chi connectivity index (χ1v) is 7.24. The van der Waals surface area contributed by atoms with Gasteiger partial charge in [0.2, 0.25) is 5.91 Å². The minimum absolute atomic E-state index is 0. The van der Waals surface area contributed by atoms with Crippen LogP contribution in [0, 0.1) is 0 Å². The van der Waals surface area contributed by atoms with Crippen LogP contribution in [0.25, 0.3) is 0 Å². The number of hydrogen-bond donors (Lipinski definition) is 3. The lowest BCUT2D eigenvalue weighted by Crippen LogP contribution is -2.40. The van der Waals surface area contributed by atoms with Crippen molar-refractivity contribution in [2.24, 2.45) is 0 Å². The zero-order chi connectivity index (χ0) is 16.6. The molecule has 23 heavy (non-hydrogen) atoms. The van der Waals surface area contributed by atoms with Gasteiger partial charge in [0.15, 0.2) is 0 Å². The molecular formula is C16H26ClN3O3. The van der Waals surface area contributed by atoms with E-state index in [2.05, 4.69) is 16.0 Å². The van der Waals surface area contributed by atoms with Gasteiger partial charge in [-0.05, 0) is 45.0 Å². The Hall–Kier alpha value is -1.63. The number of amides is 2. The molecule has 0 saturated carbocycles. The van der Waals surface area contributed by atoms with Crippen molar-refractivity contribution < 1.29 is 14.3 Å². The molecule has 0 aliphatic carbocycles. The van der Waals surface area contributed by atoms with Crippen LogP contribution in [-0.4, -0.2) is 44.2 Å². The molecule has 0 heterocycles. The van der Waals surface area contributed by atoms with E-state index < -0.39 is 0 Å². The van der Waals surface area contributed by atoms with Gasteiger partial charge >= 0.3 is 0 Å². The number of anilines is 1. The number of halogens is 1. The third kappa shape index (κ3) is 9.18. The molecule has 2 amide bonds. The van der Waals surface area contributed by atoms with Crippen LogP contribution in [0.1, 0.15) is 31.1 Å². The van der Waals surface area contributed by atoms with Gasteiger partial charge in [-0.25, -0.2) is 0 Å². The quantitative estimate of drug-likeness (QED) is 0.660. The summed E-state index contributed by atoms with van der Waals surface area (Å²) in [6.07, 6.45) is 0. The van der Waals surface area contributed by atoms with Crippen molar-refractivity contribution >= 4 is 29.9 Å². The molecule has 0 bridgehead atoms. The standard InChI is InChI=1S/C16H25N3O3.ClH/c1-16(2,3)19-15(21)12-5-7-13(8-6-12)18-14(20)11-17-9-10-22-4;/h5-8,17H,9-11H2,1-4H3,(H,18,20)(H,19,21);1H. The fourth-order valence-corrected chi connectivity index (χ4v) is 1.70. The Balaban J connectivity index is 0.00000484. The number of rotatable bonds is 7. The minimum atomic E-state index is -0.280. The first-order chi connectivity index (χ1) is 10.3. The second kappa shape index (κ2) is 10.2. The van der Waals surface area contributed by atoms with E-state index in [1.807, 2.05) is 20.8 Å². The molecule has 0 atom stereocenters. The van der Waals surface area contributed by atoms with Crippen molar-refractivity contribution in [2.75, 3.05) is 32.1 Å². The summed E-state index contributed by atoms with van der Waals surface area (Å²) in [6, 6.07) is 6.80. The summed E-state index contributed by atoms with van der Waals surface area (Å²) in [5, 5.41) is 8.61. The predicted molar refractivity (Wildman–Crippen MR) is 94.3 cm³/mol. The van der Waals surface area contributed by atoms with Crippen molar-refractivity contribution in [1.29, 1.82) is 0 Å². The van der Waals surface area contributed by atoms with Crippen molar-refractivity contribution in [3.63, 3.8) is 0 Å². The lowest BCUT2D eigenvalue weighted by atomic mass is 10.1. The van der Waals surface area contributed by atoms with Gasteiger partial charge in [-0.1, -0.05) is 0 Å². The number of carbonyl (C=O) groups excluding carboxylic acids is 2. The van der Waals surface area contributed by atoms with Gasteiger partial charge in [-0.3, -0.25) is 9.59 Å². The molecule has 1 aromatic rings. The van der Waals surface area contributed by atoms with Gasteiger partial charge in [0.25, 0.3) is 5.91 Å². The van der Waals surface area contributed by atoms with E-state index in [9.17, 15) is 9.59 Å². The highest BCUT2D eigenvalue weighted by atomic mass is 35.5. The molecule has 3 N–H and O–H groups in total. The number of ether oxygens (including phenoxy) is 1. The molecule has 7 heteroatoms. The zero-order valence-corrected chi connectivity index (χ0v) is 14.9. The SMILES string of the molecule is COCCNCC(=O)Nc1ccc(C(=O)NC(C)(C)C)cc1.Cl. The van der Waals surface area contributed by atoms with Crippen LogP contribution in [-0.2, 0) is 9.53 Å². The molecular weight excluding hydrogens is 318 g/mol. The minimum Gasteiger partial charge on any atom is -0.383 e. The average Bonchev–Trinajstić information content (AvgIpc) is 2.42. The Bertz CT molecular complexity index is 498. The molecule has 0 aromatic heterocycles. The number of hydrogen-bond acceptors (Lipinski definition) is 4. The van der Waals surface area contributed by atoms with Crippen molar-refractivity contribution in [2.45, 2.75) is 26.3 Å². The molecule has 0 aliphatic rings. The van der Waals surface area contributed by atoms with Crippen LogP contribution in [0.4, 0.5) is 5.69 Å². The smallest absolute Gasteiger partial charge is 0.251 e. The van der Waals surface area contributed by atoms with E-state index in [0.717, 1.165) is 0 Å². The number of methoxy groups -OCH3 is 1. The molecule has 1 rings (SSSR count). The van der Waals surface area contributed by atoms with Crippen molar-refractivity contribution in [3.8, 4) is 0 Å². The van der Waals surface area contributed by atoms with E-state index in [-0.39, 0.29) is 36.3 Å². The summed E-state index contributed by atoms with van der Waals surface area (Å²) in [7, 11) is 1.61. The third-order valence-electron chi connectivity index (χ3n) is 2.69. The highest BCUT2D eigenvalue weighted by Crippen LogP contribution is 2.10. The van der Waals surface area contributed by atoms with Crippen LogP contribution in [0.2, 0.25) is 0 Å². The van der Waals surface area contributed by atoms with Gasteiger partial charge in [0.05, 0.1) is 13.2 Å². The Kier molecular flexibility index (Phi) is 9.48. The van der Waals surface area contributed by atoms with Crippen LogP contribution >= 0.6 is 12.4 Å². The largest absolute Gasteiger partial charge is 0.383 e. The van der Waals surface area contributed by atoms with Crippen molar-refractivity contribution in [1.82, 2.24) is 10.6 Å². The maximum Gasteiger partial charge on any atom is 0.251 e. The molecule has 1 aromatic carbocycles. The maximum absolute atomic E-state index is 12.0. The Morgan fingerprint density at radius 2 is 1.74 bits per heavy atom. The average molecular weight is 344 g/mol. The van der Waals surface area contributed by atoms with Crippen LogP contribution in [0.5, 0.6) is 0 Å². The lowest BCUT2D eigenvalue weighted by molar-refractivity contribution is -0.115. The zero-order valence-electron chi connectivity index (χ0n) is 14.1. The van der Waals surface area contributed by atoms with Crippen LogP contribution < -0.4 is 16.0 Å². The second-order valence-electron chi connectivity index (χ2n) is 6.00. The van der Waals surface area contributed by atoms with E-state index >= 15 is 0 Å². The van der Waals surface area contributed by atoms with E-state index in [1.54, 1.807) is 31.4 Å². The van der Waals surface area contributed by atoms with Gasteiger partial charge < -0.3 is 20.7 Å². The molecule has 6 nitrogen and oxygen atoms in total. The Morgan fingerprint density at radius 3 is 2.26 bits per heavy atom. The summed E-state index contributed by atoms with van der Waals surface area (Å²) < 4.78 is 4.88. The van der Waals surface area contributed by atoms with Crippen LogP contribution in [0.3, 0.4) is 0 Å². The van der Waals surface area contributed by atoms with Gasteiger partial charge in [-0.15, -0.1) is 12.4 Å². The topological polar surface area (TPSA) is 79.5 Å². The third-order valence-corrected chi connectivity index (χ3v) is 2.69. The van der Waals surface area contributed by atoms with Gasteiger partial charge in [0.1, 0.15) is 0 Å². The summed E-state index contributed by atoms with van der Waals surface area (Å²) in [5.41, 5.74) is 0.940. The summed E-state index contributed by atoms with van der Waals surface area (Å²) in [4.78, 5) is 23.7. The number of carbonyl (C=O) groups is 2.